The predicted octanol–water partition coefficient (Wildman–Crippen LogP) is 5.11. The van der Waals surface area contributed by atoms with Crippen molar-refractivity contribution in [1.82, 2.24) is 10.6 Å². The molecule has 0 amide bonds. The van der Waals surface area contributed by atoms with Crippen LogP contribution in [0.2, 0.25) is 0 Å². The lowest BCUT2D eigenvalue weighted by Crippen LogP contribution is -2.63. The summed E-state index contributed by atoms with van der Waals surface area (Å²) in [5, 5.41) is 14.8. The summed E-state index contributed by atoms with van der Waals surface area (Å²) in [6.45, 7) is 4.91. The molecule has 1 heterocycles. The van der Waals surface area contributed by atoms with Crippen LogP contribution in [-0.2, 0) is 32.2 Å². The van der Waals surface area contributed by atoms with E-state index in [0.717, 1.165) is 17.5 Å². The Morgan fingerprint density at radius 2 is 1.40 bits per heavy atom. The first-order valence-corrected chi connectivity index (χ1v) is 14.5. The number of ether oxygens (including phenoxy) is 4. The van der Waals surface area contributed by atoms with Gasteiger partial charge in [0.25, 0.3) is 0 Å². The Balaban J connectivity index is 1.66. The summed E-state index contributed by atoms with van der Waals surface area (Å²) >= 11 is 0. The normalized spacial score (nSPS) is 32.9. The highest BCUT2D eigenvalue weighted by atomic mass is 16.7. The summed E-state index contributed by atoms with van der Waals surface area (Å²) in [6, 6.07) is 19.0. The molecule has 10 atom stereocenters. The highest BCUT2D eigenvalue weighted by Crippen LogP contribution is 2.37. The van der Waals surface area contributed by atoms with E-state index in [1.54, 1.807) is 0 Å². The Morgan fingerprint density at radius 1 is 0.810 bits per heavy atom. The smallest absolute Gasteiger partial charge is 0.169 e. The highest BCUT2D eigenvalue weighted by Gasteiger charge is 2.50. The monoisotopic (exact) mass is 578 g/mol. The maximum absolute atomic E-state index is 9.67. The second-order valence-electron chi connectivity index (χ2n) is 11.0. The fourth-order valence-corrected chi connectivity index (χ4v) is 6.07. The summed E-state index contributed by atoms with van der Waals surface area (Å²) in [7, 11) is 3.90. The van der Waals surface area contributed by atoms with Crippen molar-refractivity contribution in [3.63, 3.8) is 0 Å². The SMILES string of the molecule is CNC1C[C@@H](NC)C(C)[C@@H](C)[C@@H]1O[C@H]1OC(CN=[N+]=[N-])[C@@H](OCc2ccccc2)[C@@H](OCc2ccccc2)C1N=[N+]=[N-]. The van der Waals surface area contributed by atoms with Gasteiger partial charge in [0, 0.05) is 21.9 Å². The van der Waals surface area contributed by atoms with Gasteiger partial charge in [0.2, 0.25) is 0 Å². The molecule has 4 unspecified atom stereocenters. The zero-order valence-corrected chi connectivity index (χ0v) is 24.7. The number of hydrogen-bond acceptors (Lipinski definition) is 8. The Hall–Kier alpha value is -3.18. The van der Waals surface area contributed by atoms with Crippen molar-refractivity contribution in [2.45, 2.75) is 82.3 Å². The maximum Gasteiger partial charge on any atom is 0.169 e. The van der Waals surface area contributed by atoms with Crippen LogP contribution in [0.4, 0.5) is 0 Å². The second kappa shape index (κ2) is 15.9. The van der Waals surface area contributed by atoms with Crippen LogP contribution in [0.15, 0.2) is 70.9 Å². The first-order chi connectivity index (χ1) is 20.5. The third-order valence-electron chi connectivity index (χ3n) is 8.61. The minimum absolute atomic E-state index is 0.00207. The number of rotatable bonds is 13. The number of nitrogens with one attached hydrogen (secondary N) is 2. The van der Waals surface area contributed by atoms with Crippen molar-refractivity contribution in [1.29, 1.82) is 0 Å². The molecule has 4 rings (SSSR count). The van der Waals surface area contributed by atoms with Gasteiger partial charge in [-0.15, -0.1) is 0 Å². The molecule has 1 aliphatic carbocycles. The van der Waals surface area contributed by atoms with E-state index >= 15 is 0 Å². The Morgan fingerprint density at radius 3 is 1.95 bits per heavy atom. The fourth-order valence-electron chi connectivity index (χ4n) is 6.07. The Labute approximate surface area is 247 Å². The lowest BCUT2D eigenvalue weighted by Gasteiger charge is -2.49. The van der Waals surface area contributed by atoms with Gasteiger partial charge in [-0.3, -0.25) is 0 Å². The molecule has 0 bridgehead atoms. The average Bonchev–Trinajstić information content (AvgIpc) is 3.02. The summed E-state index contributed by atoms with van der Waals surface area (Å²) in [4.78, 5) is 6.14. The molecule has 2 aliphatic rings. The summed E-state index contributed by atoms with van der Waals surface area (Å²) in [6.07, 6.45) is -2.45. The first kappa shape index (κ1) is 31.7. The third-order valence-corrected chi connectivity index (χ3v) is 8.61. The number of azide groups is 2. The van der Waals surface area contributed by atoms with Crippen LogP contribution in [0, 0.1) is 11.8 Å². The number of hydrogen-bond donors (Lipinski definition) is 2. The Kier molecular flexibility index (Phi) is 12.0. The van der Waals surface area contributed by atoms with E-state index in [1.807, 2.05) is 74.8 Å². The van der Waals surface area contributed by atoms with Gasteiger partial charge in [-0.1, -0.05) is 84.7 Å². The Bertz CT molecular complexity index is 1190. The van der Waals surface area contributed by atoms with Crippen molar-refractivity contribution >= 4 is 0 Å². The van der Waals surface area contributed by atoms with Crippen LogP contribution in [0.1, 0.15) is 31.4 Å². The zero-order chi connectivity index (χ0) is 29.9. The van der Waals surface area contributed by atoms with E-state index in [0.29, 0.717) is 12.0 Å². The average molecular weight is 579 g/mol. The van der Waals surface area contributed by atoms with E-state index < -0.39 is 30.6 Å². The zero-order valence-electron chi connectivity index (χ0n) is 24.7. The van der Waals surface area contributed by atoms with Gasteiger partial charge in [0.1, 0.15) is 18.2 Å². The van der Waals surface area contributed by atoms with Crippen molar-refractivity contribution in [2.24, 2.45) is 22.1 Å². The minimum atomic E-state index is -0.946. The lowest BCUT2D eigenvalue weighted by molar-refractivity contribution is -0.295. The molecule has 0 aromatic heterocycles. The minimum Gasteiger partial charge on any atom is -0.370 e. The quantitative estimate of drug-likeness (QED) is 0.191. The van der Waals surface area contributed by atoms with Gasteiger partial charge >= 0.3 is 0 Å². The molecular formula is C30H42N8O4. The first-order valence-electron chi connectivity index (χ1n) is 14.5. The summed E-state index contributed by atoms with van der Waals surface area (Å²) in [5.41, 5.74) is 20.8. The number of nitrogens with zero attached hydrogens (tertiary/aromatic N) is 6. The van der Waals surface area contributed by atoms with E-state index in [4.69, 9.17) is 24.5 Å². The number of likely N-dealkylation sites (N-methyl/N-ethyl adjacent to an activating group) is 1. The van der Waals surface area contributed by atoms with Gasteiger partial charge in [-0.2, -0.15) is 0 Å². The van der Waals surface area contributed by atoms with Gasteiger partial charge in [-0.05, 0) is 54.5 Å². The largest absolute Gasteiger partial charge is 0.370 e. The fraction of sp³-hybridized carbons (Fsp3) is 0.600. The molecule has 1 aliphatic heterocycles. The molecule has 2 aromatic carbocycles. The van der Waals surface area contributed by atoms with Crippen molar-refractivity contribution in [3.05, 3.63) is 92.7 Å². The van der Waals surface area contributed by atoms with Gasteiger partial charge in [-0.25, -0.2) is 0 Å². The molecule has 12 heteroatoms. The van der Waals surface area contributed by atoms with Crippen LogP contribution in [-0.4, -0.2) is 69.5 Å². The molecular weight excluding hydrogens is 536 g/mol. The van der Waals surface area contributed by atoms with E-state index in [2.05, 4.69) is 44.5 Å². The van der Waals surface area contributed by atoms with Gasteiger partial charge < -0.3 is 29.6 Å². The molecule has 42 heavy (non-hydrogen) atoms. The molecule has 2 N–H and O–H groups in total. The molecule has 12 nitrogen and oxygen atoms in total. The highest BCUT2D eigenvalue weighted by molar-refractivity contribution is 5.15. The van der Waals surface area contributed by atoms with Crippen LogP contribution in [0.25, 0.3) is 20.9 Å². The molecule has 0 spiro atoms. The van der Waals surface area contributed by atoms with Crippen LogP contribution in [0.5, 0.6) is 0 Å². The van der Waals surface area contributed by atoms with Crippen molar-refractivity contribution < 1.29 is 18.9 Å². The van der Waals surface area contributed by atoms with Crippen LogP contribution < -0.4 is 10.6 Å². The van der Waals surface area contributed by atoms with Crippen LogP contribution >= 0.6 is 0 Å². The van der Waals surface area contributed by atoms with E-state index in [9.17, 15) is 5.53 Å². The third kappa shape index (κ3) is 7.80. The molecule has 1 saturated carbocycles. The maximum atomic E-state index is 9.67. The van der Waals surface area contributed by atoms with E-state index in [-0.39, 0.29) is 37.8 Å². The second-order valence-corrected chi connectivity index (χ2v) is 11.0. The molecule has 226 valence electrons. The molecule has 2 aromatic rings. The summed E-state index contributed by atoms with van der Waals surface area (Å²) < 4.78 is 26.1. The van der Waals surface area contributed by atoms with Crippen molar-refractivity contribution in [2.75, 3.05) is 20.6 Å². The standard InChI is InChI=1S/C30H42N8O4/c1-19-20(2)27(24(34-4)15-23(19)33-3)42-30-26(36-38-32)29(40-18-22-13-9-6-10-14-22)28(25(41-30)16-35-37-31)39-17-21-11-7-5-8-12-21/h5-14,19-20,23-30,33-34H,15-18H2,1-4H3/t19?,20-,23-,24?,25?,26?,27+,28-,29+,30-/m1/s1. The van der Waals surface area contributed by atoms with Gasteiger partial charge in [0.05, 0.1) is 32.0 Å². The topological polar surface area (TPSA) is 158 Å². The van der Waals surface area contributed by atoms with Crippen molar-refractivity contribution in [3.8, 4) is 0 Å². The van der Waals surface area contributed by atoms with E-state index in [1.165, 1.54) is 0 Å². The lowest BCUT2D eigenvalue weighted by atomic mass is 9.73. The van der Waals surface area contributed by atoms with Gasteiger partial charge in [0.15, 0.2) is 6.29 Å². The molecule has 1 saturated heterocycles. The van der Waals surface area contributed by atoms with Crippen LogP contribution in [0.3, 0.4) is 0 Å². The predicted molar refractivity (Wildman–Crippen MR) is 159 cm³/mol. The number of benzene rings is 2. The molecule has 0 radical (unpaired) electrons. The molecule has 2 fully saturated rings. The summed E-state index contributed by atoms with van der Waals surface area (Å²) in [5.74, 6) is 0.493.